The maximum atomic E-state index is 12.7. The monoisotopic (exact) mass is 704 g/mol. The Bertz CT molecular complexity index is 1250. The smallest absolute Gasteiger partial charge is 0.410 e. The number of amides is 1. The lowest BCUT2D eigenvalue weighted by Gasteiger charge is -2.43. The molecule has 3 heterocycles. The lowest BCUT2D eigenvalue weighted by atomic mass is 9.96. The highest BCUT2D eigenvalue weighted by Gasteiger charge is 2.43. The molecule has 1 amide bonds. The molecule has 0 bridgehead atoms. The molecule has 14 nitrogen and oxygen atoms in total. The van der Waals surface area contributed by atoms with Crippen LogP contribution >= 0.6 is 0 Å². The predicted molar refractivity (Wildman–Crippen MR) is 178 cm³/mol. The van der Waals surface area contributed by atoms with Crippen molar-refractivity contribution >= 4 is 6.09 Å². The van der Waals surface area contributed by atoms with E-state index in [1.54, 1.807) is 54.8 Å². The van der Waals surface area contributed by atoms with Crippen molar-refractivity contribution in [2.75, 3.05) is 39.4 Å². The Kier molecular flexibility index (Phi) is 13.2. The molecule has 0 saturated carbocycles. The van der Waals surface area contributed by atoms with Gasteiger partial charge in [-0.2, -0.15) is 0 Å². The Morgan fingerprint density at radius 1 is 0.780 bits per heavy atom. The van der Waals surface area contributed by atoms with Crippen molar-refractivity contribution in [2.45, 2.75) is 107 Å². The van der Waals surface area contributed by atoms with Crippen molar-refractivity contribution in [2.24, 2.45) is 0 Å². The highest BCUT2D eigenvalue weighted by Crippen LogP contribution is 2.31. The summed E-state index contributed by atoms with van der Waals surface area (Å²) in [6.07, 6.45) is -12.1. The molecular weight excluding hydrogens is 652 g/mol. The van der Waals surface area contributed by atoms with Gasteiger partial charge in [0.2, 0.25) is 0 Å². The van der Waals surface area contributed by atoms with Gasteiger partial charge in [-0.25, -0.2) is 4.79 Å². The molecule has 3 saturated heterocycles. The summed E-state index contributed by atoms with van der Waals surface area (Å²) >= 11 is 0. The SMILES string of the molecule is CC(C)(C)OC(=O)N1CCC(N(C[C@H](O)[C@@H](O)[C@@H]2OC(c3ccccc3)OC[C@H]2O)C[C@H](O)[C@@H](O)[C@@H]2OC(c3ccccc3)OC[C@H]2O)CC1. The van der Waals surface area contributed by atoms with E-state index in [4.69, 9.17) is 23.7 Å². The fourth-order valence-electron chi connectivity index (χ4n) is 6.54. The number of carbonyl (C=O) groups excluding carboxylic acids is 1. The first-order valence-corrected chi connectivity index (χ1v) is 17.2. The average molecular weight is 705 g/mol. The van der Waals surface area contributed by atoms with Gasteiger partial charge < -0.3 is 59.2 Å². The van der Waals surface area contributed by atoms with Crippen LogP contribution in [0.25, 0.3) is 0 Å². The number of hydrogen-bond acceptors (Lipinski definition) is 13. The van der Waals surface area contributed by atoms with Crippen LogP contribution < -0.4 is 0 Å². The molecular formula is C36H52N2O12. The van der Waals surface area contributed by atoms with Crippen molar-refractivity contribution in [3.8, 4) is 0 Å². The van der Waals surface area contributed by atoms with Gasteiger partial charge in [0.1, 0.15) is 42.2 Å². The van der Waals surface area contributed by atoms with Crippen LogP contribution in [0, 0.1) is 0 Å². The normalized spacial score (nSPS) is 29.3. The van der Waals surface area contributed by atoms with E-state index in [0.717, 1.165) is 0 Å². The largest absolute Gasteiger partial charge is 0.444 e. The van der Waals surface area contributed by atoms with E-state index in [0.29, 0.717) is 37.1 Å². The molecule has 0 aliphatic carbocycles. The van der Waals surface area contributed by atoms with Crippen molar-refractivity contribution < 1.29 is 59.1 Å². The molecule has 3 fully saturated rings. The van der Waals surface area contributed by atoms with Crippen molar-refractivity contribution in [1.29, 1.82) is 0 Å². The summed E-state index contributed by atoms with van der Waals surface area (Å²) in [5, 5.41) is 66.7. The fourth-order valence-corrected chi connectivity index (χ4v) is 6.54. The third-order valence-corrected chi connectivity index (χ3v) is 9.24. The summed E-state index contributed by atoms with van der Waals surface area (Å²) in [7, 11) is 0. The second-order valence-corrected chi connectivity index (χ2v) is 14.3. The van der Waals surface area contributed by atoms with Crippen molar-refractivity contribution in [3.05, 3.63) is 71.8 Å². The van der Waals surface area contributed by atoms with E-state index in [1.165, 1.54) is 0 Å². The standard InChI is InChI=1S/C36H52N2O12/c1-36(2,3)50-35(45)37-16-14-24(15-17-37)38(18-25(39)29(43)31-27(41)20-46-33(48-31)22-10-6-4-7-11-22)19-26(40)30(44)32-28(42)21-47-34(49-32)23-12-8-5-9-13-23/h4-13,24-34,39-44H,14-21H2,1-3H3/t25-,26-,27+,28+,29+,30+,31+,32+,33?,34?/m0/s1. The molecule has 14 heteroatoms. The molecule has 2 aromatic rings. The number of aliphatic hydroxyl groups excluding tert-OH is 6. The number of piperidine rings is 1. The molecule has 3 aliphatic rings. The number of ether oxygens (including phenoxy) is 5. The van der Waals surface area contributed by atoms with Crippen LogP contribution in [0.5, 0.6) is 0 Å². The van der Waals surface area contributed by atoms with Gasteiger partial charge in [-0.3, -0.25) is 4.90 Å². The maximum Gasteiger partial charge on any atom is 0.410 e. The molecule has 0 spiro atoms. The minimum absolute atomic E-state index is 0.122. The van der Waals surface area contributed by atoms with E-state index in [1.807, 2.05) is 36.4 Å². The van der Waals surface area contributed by atoms with Gasteiger partial charge in [-0.1, -0.05) is 60.7 Å². The lowest BCUT2D eigenvalue weighted by molar-refractivity contribution is -0.285. The van der Waals surface area contributed by atoms with Crippen LogP contribution in [0.4, 0.5) is 4.79 Å². The molecule has 10 atom stereocenters. The third-order valence-electron chi connectivity index (χ3n) is 9.24. The highest BCUT2D eigenvalue weighted by molar-refractivity contribution is 5.68. The number of benzene rings is 2. The van der Waals surface area contributed by atoms with E-state index in [9.17, 15) is 35.4 Å². The Balaban J connectivity index is 1.28. The highest BCUT2D eigenvalue weighted by atomic mass is 16.7. The molecule has 3 aliphatic heterocycles. The van der Waals surface area contributed by atoms with Gasteiger partial charge in [0, 0.05) is 43.3 Å². The summed E-state index contributed by atoms with van der Waals surface area (Å²) in [5.74, 6) is 0. The summed E-state index contributed by atoms with van der Waals surface area (Å²) in [5.41, 5.74) is 0.717. The molecule has 2 unspecified atom stereocenters. The fraction of sp³-hybridized carbons (Fsp3) is 0.639. The Labute approximate surface area is 292 Å². The van der Waals surface area contributed by atoms with Crippen LogP contribution in [0.3, 0.4) is 0 Å². The minimum atomic E-state index is -1.54. The second kappa shape index (κ2) is 17.2. The van der Waals surface area contributed by atoms with Crippen LogP contribution in [0.15, 0.2) is 60.7 Å². The maximum absolute atomic E-state index is 12.7. The van der Waals surface area contributed by atoms with Gasteiger partial charge in [0.25, 0.3) is 0 Å². The van der Waals surface area contributed by atoms with Gasteiger partial charge in [-0.05, 0) is 33.6 Å². The van der Waals surface area contributed by atoms with Crippen molar-refractivity contribution in [1.82, 2.24) is 9.80 Å². The zero-order valence-electron chi connectivity index (χ0n) is 28.8. The quantitative estimate of drug-likeness (QED) is 0.195. The van der Waals surface area contributed by atoms with Gasteiger partial charge >= 0.3 is 6.09 Å². The summed E-state index contributed by atoms with van der Waals surface area (Å²) in [4.78, 5) is 16.1. The minimum Gasteiger partial charge on any atom is -0.444 e. The number of carbonyl (C=O) groups is 1. The molecule has 2 aromatic carbocycles. The molecule has 50 heavy (non-hydrogen) atoms. The Morgan fingerprint density at radius 2 is 1.20 bits per heavy atom. The number of likely N-dealkylation sites (tertiary alicyclic amines) is 1. The van der Waals surface area contributed by atoms with Crippen molar-refractivity contribution in [3.63, 3.8) is 0 Å². The van der Waals surface area contributed by atoms with Crippen LogP contribution in [-0.2, 0) is 23.7 Å². The molecule has 0 aromatic heterocycles. The number of hydrogen-bond donors (Lipinski definition) is 6. The Hall–Kier alpha value is -2.73. The third kappa shape index (κ3) is 9.98. The Morgan fingerprint density at radius 3 is 1.60 bits per heavy atom. The van der Waals surface area contributed by atoms with Crippen LogP contribution in [0.2, 0.25) is 0 Å². The predicted octanol–water partition coefficient (Wildman–Crippen LogP) is 1.08. The van der Waals surface area contributed by atoms with E-state index in [2.05, 4.69) is 0 Å². The van der Waals surface area contributed by atoms with Gasteiger partial charge in [0.05, 0.1) is 25.4 Å². The van der Waals surface area contributed by atoms with Gasteiger partial charge in [-0.15, -0.1) is 0 Å². The molecule has 278 valence electrons. The van der Waals surface area contributed by atoms with E-state index >= 15 is 0 Å². The zero-order valence-corrected chi connectivity index (χ0v) is 28.8. The first-order valence-electron chi connectivity index (χ1n) is 17.2. The average Bonchev–Trinajstić information content (AvgIpc) is 3.11. The molecule has 6 N–H and O–H groups in total. The lowest BCUT2D eigenvalue weighted by Crippen LogP contribution is -2.58. The topological polar surface area (TPSA) is 191 Å². The van der Waals surface area contributed by atoms with Gasteiger partial charge in [0.15, 0.2) is 12.6 Å². The molecule has 0 radical (unpaired) electrons. The number of rotatable bonds is 11. The van der Waals surface area contributed by atoms with Crippen LogP contribution in [0.1, 0.15) is 57.3 Å². The number of aliphatic hydroxyl groups is 6. The van der Waals surface area contributed by atoms with E-state index < -0.39 is 73.1 Å². The van der Waals surface area contributed by atoms with Crippen LogP contribution in [-0.4, -0.2) is 146 Å². The number of nitrogens with zero attached hydrogens (tertiary/aromatic N) is 2. The summed E-state index contributed by atoms with van der Waals surface area (Å²) in [6, 6.07) is 17.8. The second-order valence-electron chi connectivity index (χ2n) is 14.3. The first-order chi connectivity index (χ1) is 23.8. The first kappa shape index (κ1) is 38.5. The molecule has 5 rings (SSSR count). The van der Waals surface area contributed by atoms with E-state index in [-0.39, 0.29) is 32.3 Å². The summed E-state index contributed by atoms with van der Waals surface area (Å²) in [6.45, 7) is 5.48. The zero-order chi connectivity index (χ0) is 36.0. The summed E-state index contributed by atoms with van der Waals surface area (Å²) < 4.78 is 28.7.